The van der Waals surface area contributed by atoms with Gasteiger partial charge < -0.3 is 0 Å². The fourth-order valence-electron chi connectivity index (χ4n) is 1.39. The summed E-state index contributed by atoms with van der Waals surface area (Å²) >= 11 is 0. The summed E-state index contributed by atoms with van der Waals surface area (Å²) in [6.45, 7) is 2.25. The normalized spacial score (nSPS) is 37.0. The first-order chi connectivity index (χ1) is 3.84. The first-order valence-electron chi connectivity index (χ1n) is 3.30. The second-order valence-corrected chi connectivity index (χ2v) is 2.68. The van der Waals surface area contributed by atoms with E-state index in [2.05, 4.69) is 12.8 Å². The minimum absolute atomic E-state index is 0.593. The molecule has 0 radical (unpaired) electrons. The molecular formula is C8H12. The van der Waals surface area contributed by atoms with Crippen LogP contribution in [0.15, 0.2) is 0 Å². The zero-order valence-electron chi connectivity index (χ0n) is 5.35. The molecule has 1 rings (SSSR count). The minimum atomic E-state index is 0.593. The zero-order chi connectivity index (χ0) is 5.98. The molecule has 0 aromatic rings. The fourth-order valence-corrected chi connectivity index (χ4v) is 1.39. The summed E-state index contributed by atoms with van der Waals surface area (Å²) in [7, 11) is 0. The Balaban J connectivity index is 2.45. The highest BCUT2D eigenvalue weighted by atomic mass is 14.2. The van der Waals surface area contributed by atoms with E-state index < -0.39 is 0 Å². The second kappa shape index (κ2) is 2.22. The summed E-state index contributed by atoms with van der Waals surface area (Å²) < 4.78 is 0. The van der Waals surface area contributed by atoms with Crippen LogP contribution in [0.5, 0.6) is 0 Å². The fraction of sp³-hybridized carbons (Fsp3) is 0.750. The van der Waals surface area contributed by atoms with Gasteiger partial charge in [0, 0.05) is 5.92 Å². The molecule has 0 aromatic heterocycles. The van der Waals surface area contributed by atoms with Gasteiger partial charge in [-0.1, -0.05) is 13.3 Å². The molecule has 8 heavy (non-hydrogen) atoms. The standard InChI is InChI=1S/C8H12/c1-3-8-6-4-5-7(8)2/h1,7-8H,4-6H2,2H3/t7-,8-/m1/s1. The van der Waals surface area contributed by atoms with Crippen LogP contribution in [0.4, 0.5) is 0 Å². The van der Waals surface area contributed by atoms with Crippen LogP contribution in [0.1, 0.15) is 26.2 Å². The Morgan fingerprint density at radius 3 is 2.50 bits per heavy atom. The number of rotatable bonds is 0. The first-order valence-corrected chi connectivity index (χ1v) is 3.30. The summed E-state index contributed by atoms with van der Waals surface area (Å²) in [4.78, 5) is 0. The van der Waals surface area contributed by atoms with Gasteiger partial charge in [-0.2, -0.15) is 0 Å². The van der Waals surface area contributed by atoms with E-state index in [9.17, 15) is 0 Å². The molecule has 1 fully saturated rings. The topological polar surface area (TPSA) is 0 Å². The van der Waals surface area contributed by atoms with Crippen molar-refractivity contribution in [2.24, 2.45) is 11.8 Å². The van der Waals surface area contributed by atoms with Gasteiger partial charge in [-0.3, -0.25) is 0 Å². The molecule has 0 unspecified atom stereocenters. The van der Waals surface area contributed by atoms with E-state index in [1.165, 1.54) is 19.3 Å². The van der Waals surface area contributed by atoms with Gasteiger partial charge in [-0.15, -0.1) is 12.3 Å². The molecule has 1 saturated carbocycles. The Hall–Kier alpha value is -0.440. The molecular weight excluding hydrogens is 96.1 g/mol. The number of hydrogen-bond donors (Lipinski definition) is 0. The van der Waals surface area contributed by atoms with E-state index in [1.807, 2.05) is 0 Å². The Labute approximate surface area is 51.3 Å². The molecule has 0 heteroatoms. The predicted octanol–water partition coefficient (Wildman–Crippen LogP) is 2.06. The van der Waals surface area contributed by atoms with E-state index >= 15 is 0 Å². The van der Waals surface area contributed by atoms with Crippen molar-refractivity contribution in [1.29, 1.82) is 0 Å². The van der Waals surface area contributed by atoms with Gasteiger partial charge in [0.25, 0.3) is 0 Å². The summed E-state index contributed by atoms with van der Waals surface area (Å²) in [5, 5.41) is 0. The molecule has 0 nitrogen and oxygen atoms in total. The number of terminal acetylenes is 1. The molecule has 0 aliphatic heterocycles. The molecule has 0 spiro atoms. The van der Waals surface area contributed by atoms with Gasteiger partial charge in [-0.25, -0.2) is 0 Å². The molecule has 1 aliphatic carbocycles. The van der Waals surface area contributed by atoms with Crippen molar-refractivity contribution < 1.29 is 0 Å². The van der Waals surface area contributed by atoms with E-state index in [-0.39, 0.29) is 0 Å². The van der Waals surface area contributed by atoms with Crippen LogP contribution >= 0.6 is 0 Å². The molecule has 1 aliphatic rings. The van der Waals surface area contributed by atoms with Crippen LogP contribution in [0.2, 0.25) is 0 Å². The predicted molar refractivity (Wildman–Crippen MR) is 35.3 cm³/mol. The van der Waals surface area contributed by atoms with Crippen LogP contribution in [0.3, 0.4) is 0 Å². The number of hydrogen-bond acceptors (Lipinski definition) is 0. The quantitative estimate of drug-likeness (QED) is 0.417. The van der Waals surface area contributed by atoms with Crippen molar-refractivity contribution in [2.45, 2.75) is 26.2 Å². The lowest BCUT2D eigenvalue weighted by Gasteiger charge is -2.04. The molecule has 0 saturated heterocycles. The highest BCUT2D eigenvalue weighted by Gasteiger charge is 2.20. The van der Waals surface area contributed by atoms with Crippen LogP contribution in [-0.2, 0) is 0 Å². The third-order valence-electron chi connectivity index (χ3n) is 2.08. The van der Waals surface area contributed by atoms with Gasteiger partial charge in [0.05, 0.1) is 0 Å². The monoisotopic (exact) mass is 108 g/mol. The lowest BCUT2D eigenvalue weighted by atomic mass is 10.00. The largest absolute Gasteiger partial charge is 0.120 e. The van der Waals surface area contributed by atoms with Crippen LogP contribution in [0.25, 0.3) is 0 Å². The van der Waals surface area contributed by atoms with E-state index in [4.69, 9.17) is 6.42 Å². The lowest BCUT2D eigenvalue weighted by molar-refractivity contribution is 0.519. The van der Waals surface area contributed by atoms with Crippen LogP contribution < -0.4 is 0 Å². The molecule has 0 N–H and O–H groups in total. The Bertz CT molecular complexity index is 108. The van der Waals surface area contributed by atoms with E-state index in [1.54, 1.807) is 0 Å². The van der Waals surface area contributed by atoms with Crippen molar-refractivity contribution in [3.05, 3.63) is 0 Å². The highest BCUT2D eigenvalue weighted by Crippen LogP contribution is 2.29. The van der Waals surface area contributed by atoms with Gasteiger partial charge in [-0.05, 0) is 18.8 Å². The van der Waals surface area contributed by atoms with Gasteiger partial charge in [0.15, 0.2) is 0 Å². The molecule has 2 atom stereocenters. The third-order valence-corrected chi connectivity index (χ3v) is 2.08. The molecule has 0 heterocycles. The molecule has 0 aromatic carbocycles. The minimum Gasteiger partial charge on any atom is -0.120 e. The van der Waals surface area contributed by atoms with E-state index in [0.717, 1.165) is 5.92 Å². The average molecular weight is 108 g/mol. The maximum absolute atomic E-state index is 5.27. The van der Waals surface area contributed by atoms with E-state index in [0.29, 0.717) is 5.92 Å². The highest BCUT2D eigenvalue weighted by molar-refractivity contribution is 4.97. The Morgan fingerprint density at radius 1 is 1.50 bits per heavy atom. The smallest absolute Gasteiger partial charge is 0.0225 e. The molecule has 0 amide bonds. The summed E-state index contributed by atoms with van der Waals surface area (Å²) in [6, 6.07) is 0. The van der Waals surface area contributed by atoms with Gasteiger partial charge in [0.2, 0.25) is 0 Å². The molecule has 44 valence electrons. The molecule has 0 bridgehead atoms. The zero-order valence-corrected chi connectivity index (χ0v) is 5.35. The second-order valence-electron chi connectivity index (χ2n) is 2.68. The lowest BCUT2D eigenvalue weighted by Crippen LogP contribution is -1.98. The van der Waals surface area contributed by atoms with Crippen molar-refractivity contribution in [3.63, 3.8) is 0 Å². The van der Waals surface area contributed by atoms with Gasteiger partial charge in [0.1, 0.15) is 0 Å². The third kappa shape index (κ3) is 0.865. The maximum Gasteiger partial charge on any atom is 0.0225 e. The Morgan fingerprint density at radius 2 is 2.25 bits per heavy atom. The summed E-state index contributed by atoms with van der Waals surface area (Å²) in [5.74, 6) is 4.20. The SMILES string of the molecule is C#C[C@@H]1CCC[C@H]1C. The summed E-state index contributed by atoms with van der Waals surface area (Å²) in [6.07, 6.45) is 9.22. The van der Waals surface area contributed by atoms with Crippen molar-refractivity contribution >= 4 is 0 Å². The summed E-state index contributed by atoms with van der Waals surface area (Å²) in [5.41, 5.74) is 0. The van der Waals surface area contributed by atoms with Gasteiger partial charge >= 0.3 is 0 Å². The first kappa shape index (κ1) is 5.69. The van der Waals surface area contributed by atoms with Crippen LogP contribution in [-0.4, -0.2) is 0 Å². The Kier molecular flexibility index (Phi) is 1.58. The van der Waals surface area contributed by atoms with Crippen LogP contribution in [0, 0.1) is 24.2 Å². The van der Waals surface area contributed by atoms with Crippen molar-refractivity contribution in [3.8, 4) is 12.3 Å². The van der Waals surface area contributed by atoms with Crippen molar-refractivity contribution in [2.75, 3.05) is 0 Å². The van der Waals surface area contributed by atoms with Crippen molar-refractivity contribution in [1.82, 2.24) is 0 Å². The maximum atomic E-state index is 5.27. The average Bonchev–Trinajstić information content (AvgIpc) is 2.14.